The number of methoxy groups -OCH3 is 1. The van der Waals surface area contributed by atoms with Crippen molar-refractivity contribution in [1.29, 1.82) is 0 Å². The number of phosphoric acid groups is 1. The molecule has 3 aromatic heterocycles. The predicted octanol–water partition coefficient (Wildman–Crippen LogP) is 3.04. The zero-order valence-electron chi connectivity index (χ0n) is 30.6. The van der Waals surface area contributed by atoms with E-state index in [1.54, 1.807) is 24.3 Å². The highest BCUT2D eigenvalue weighted by atomic mass is 32.7. The van der Waals surface area contributed by atoms with E-state index in [9.17, 15) is 33.5 Å². The number of anilines is 1. The van der Waals surface area contributed by atoms with Gasteiger partial charge in [0.25, 0.3) is 5.56 Å². The number of nitrogens with zero attached hydrogens (tertiary/aromatic N) is 5. The maximum Gasteiger partial charge on any atom is 0.472 e. The average molecular weight is 876 g/mol. The van der Waals surface area contributed by atoms with Gasteiger partial charge in [-0.3, -0.25) is 37.0 Å². The summed E-state index contributed by atoms with van der Waals surface area (Å²) < 4.78 is 77.9. The van der Waals surface area contributed by atoms with Crippen LogP contribution in [0.25, 0.3) is 11.2 Å². The van der Waals surface area contributed by atoms with Crippen LogP contribution in [-0.4, -0.2) is 95.9 Å². The van der Waals surface area contributed by atoms with Gasteiger partial charge in [0.2, 0.25) is 0 Å². The quantitative estimate of drug-likeness (QED) is 0.0989. The molecule has 25 heteroatoms. The normalized spacial score (nSPS) is 29.9. The molecule has 0 spiro atoms. The number of hydrogen-bond donors (Lipinski definition) is 4. The molecule has 0 radical (unpaired) electrons. The van der Waals surface area contributed by atoms with Crippen LogP contribution in [0.1, 0.15) is 34.8 Å². The molecule has 8 rings (SSSR count). The van der Waals surface area contributed by atoms with Crippen molar-refractivity contribution in [2.45, 2.75) is 55.1 Å². The minimum atomic E-state index is -4.89. The molecule has 0 amide bonds. The van der Waals surface area contributed by atoms with E-state index in [0.717, 1.165) is 28.2 Å². The second kappa shape index (κ2) is 16.7. The van der Waals surface area contributed by atoms with Gasteiger partial charge < -0.3 is 34.7 Å². The van der Waals surface area contributed by atoms with E-state index in [4.69, 9.17) is 42.8 Å². The van der Waals surface area contributed by atoms with Crippen LogP contribution in [0.4, 0.5) is 5.82 Å². The summed E-state index contributed by atoms with van der Waals surface area (Å²) in [6.45, 7) is -5.39. The van der Waals surface area contributed by atoms with Crippen molar-refractivity contribution in [1.82, 2.24) is 29.1 Å². The number of rotatable bonds is 8. The Morgan fingerprint density at radius 3 is 2.49 bits per heavy atom. The Kier molecular flexibility index (Phi) is 11.6. The molecule has 4 bridgehead atoms. The summed E-state index contributed by atoms with van der Waals surface area (Å²) in [6, 6.07) is 13.0. The van der Waals surface area contributed by atoms with E-state index in [1.165, 1.54) is 48.6 Å². The van der Waals surface area contributed by atoms with Crippen molar-refractivity contribution >= 4 is 49.0 Å². The highest BCUT2D eigenvalue weighted by molar-refractivity contribution is 8.54. The standard InChI is InChI=1S/C34H35N7O15P2S/c1-49-27-24-14-50-57(46,47)55-23-12-22(52-31(23)41-17-38-26-29(35)36-16-37-30(26)41)13-51-58(48,56-28(27)32(54-24)40-11-10-25(43)39-34(40)45)59-15-18-2-8-21(9-3-18)53-33(44)19-4-6-20(42)7-5-19/h2-11,16-17,22-24,27-28,31-32,42H,12-15H2,1H3,(H,46,47)(H2,35,36,37)(H,39,43,45)/t22-,23+,24+,27+,28+,31+,32+,58?/m0/s1. The summed E-state index contributed by atoms with van der Waals surface area (Å²) in [7, 11) is -3.61. The molecule has 312 valence electrons. The van der Waals surface area contributed by atoms with Crippen LogP contribution in [-0.2, 0) is 47.2 Å². The Hall–Kier alpha value is -4.77. The third-order valence-electron chi connectivity index (χ3n) is 9.46. The number of aromatic amines is 1. The molecule has 3 aliphatic heterocycles. The topological polar surface area (TPSA) is 290 Å². The second-order valence-electron chi connectivity index (χ2n) is 13.3. The molecule has 22 nitrogen and oxygen atoms in total. The third-order valence-corrected chi connectivity index (χ3v) is 14.1. The Morgan fingerprint density at radius 1 is 0.966 bits per heavy atom. The number of nitrogens with two attached hydrogens (primary N) is 1. The summed E-state index contributed by atoms with van der Waals surface area (Å²) in [6.07, 6.45) is -4.79. The molecule has 5 N–H and O–H groups in total. The fourth-order valence-corrected chi connectivity index (χ4v) is 11.0. The molecule has 3 aliphatic rings. The molecule has 2 unspecified atom stereocenters. The van der Waals surface area contributed by atoms with Crippen molar-refractivity contribution in [3.63, 3.8) is 0 Å². The van der Waals surface area contributed by atoms with Gasteiger partial charge in [-0.1, -0.05) is 12.1 Å². The first kappa shape index (κ1) is 41.0. The number of carbonyl (C=O) groups excluding carboxylic acids is 1. The molecule has 2 aromatic carbocycles. The number of nitrogens with one attached hydrogen (secondary N) is 1. The van der Waals surface area contributed by atoms with Gasteiger partial charge in [0.15, 0.2) is 23.9 Å². The van der Waals surface area contributed by atoms with Crippen molar-refractivity contribution in [2.75, 3.05) is 26.1 Å². The zero-order chi connectivity index (χ0) is 41.5. The number of nitrogen functional groups attached to an aromatic ring is 1. The molecule has 5 aromatic rings. The maximum absolute atomic E-state index is 15.0. The van der Waals surface area contributed by atoms with E-state index in [1.807, 2.05) is 0 Å². The molecule has 0 aliphatic carbocycles. The number of aromatic nitrogens is 6. The van der Waals surface area contributed by atoms with Crippen LogP contribution in [0, 0.1) is 0 Å². The van der Waals surface area contributed by atoms with Crippen molar-refractivity contribution in [3.8, 4) is 11.5 Å². The van der Waals surface area contributed by atoms with Crippen LogP contribution in [0.2, 0.25) is 0 Å². The number of fused-ring (bicyclic) bond motifs is 5. The molecule has 3 fully saturated rings. The van der Waals surface area contributed by atoms with Crippen molar-refractivity contribution in [3.05, 3.63) is 105 Å². The third kappa shape index (κ3) is 8.91. The van der Waals surface area contributed by atoms with Crippen LogP contribution in [0.15, 0.2) is 83.0 Å². The number of benzene rings is 2. The molecule has 0 saturated carbocycles. The van der Waals surface area contributed by atoms with Gasteiger partial charge in [0.05, 0.1) is 31.2 Å². The number of ether oxygens (including phenoxy) is 4. The second-order valence-corrected chi connectivity index (χ2v) is 18.8. The molecular formula is C34H35N7O15P2S. The summed E-state index contributed by atoms with van der Waals surface area (Å²) in [5, 5.41) is 9.52. The number of imidazole rings is 1. The van der Waals surface area contributed by atoms with Gasteiger partial charge in [0, 0.05) is 31.5 Å². The first-order valence-electron chi connectivity index (χ1n) is 17.7. The zero-order valence-corrected chi connectivity index (χ0v) is 33.2. The predicted molar refractivity (Wildman–Crippen MR) is 204 cm³/mol. The van der Waals surface area contributed by atoms with Gasteiger partial charge in [-0.25, -0.2) is 33.7 Å². The smallest absolute Gasteiger partial charge is 0.472 e. The maximum atomic E-state index is 15.0. The first-order chi connectivity index (χ1) is 28.3. The lowest BCUT2D eigenvalue weighted by Gasteiger charge is -2.28. The largest absolute Gasteiger partial charge is 0.508 e. The Labute approximate surface area is 336 Å². The number of aromatic hydroxyl groups is 1. The lowest BCUT2D eigenvalue weighted by Crippen LogP contribution is -2.40. The van der Waals surface area contributed by atoms with Gasteiger partial charge in [0.1, 0.15) is 47.8 Å². The van der Waals surface area contributed by atoms with E-state index in [2.05, 4.69) is 19.9 Å². The lowest BCUT2D eigenvalue weighted by molar-refractivity contribution is -0.0668. The Morgan fingerprint density at radius 2 is 1.75 bits per heavy atom. The average Bonchev–Trinajstić information content (AvgIpc) is 3.91. The summed E-state index contributed by atoms with van der Waals surface area (Å²) >= 11 is 0.787. The number of phosphoric ester groups is 1. The highest BCUT2D eigenvalue weighted by Gasteiger charge is 2.53. The fraction of sp³-hybridized carbons (Fsp3) is 0.353. The van der Waals surface area contributed by atoms with Crippen LogP contribution in [0.3, 0.4) is 0 Å². The van der Waals surface area contributed by atoms with Crippen LogP contribution >= 0.6 is 26.0 Å². The molecular weight excluding hydrogens is 840 g/mol. The van der Waals surface area contributed by atoms with Gasteiger partial charge >= 0.3 is 26.3 Å². The van der Waals surface area contributed by atoms with Crippen LogP contribution in [0.5, 0.6) is 11.5 Å². The summed E-state index contributed by atoms with van der Waals surface area (Å²) in [5.74, 6) is -0.311. The minimum Gasteiger partial charge on any atom is -0.508 e. The molecule has 59 heavy (non-hydrogen) atoms. The monoisotopic (exact) mass is 875 g/mol. The van der Waals surface area contributed by atoms with Gasteiger partial charge in [-0.2, -0.15) is 0 Å². The van der Waals surface area contributed by atoms with E-state index in [-0.39, 0.29) is 46.2 Å². The first-order valence-corrected chi connectivity index (χ1v) is 22.3. The minimum absolute atomic E-state index is 0.00299. The van der Waals surface area contributed by atoms with E-state index >= 15 is 0 Å². The number of esters is 1. The molecule has 6 heterocycles. The van der Waals surface area contributed by atoms with Crippen LogP contribution < -0.4 is 21.7 Å². The van der Waals surface area contributed by atoms with E-state index < -0.39 is 88.0 Å². The SMILES string of the molecule is CO[C@H]1[C@H]2OP(=O)(SCc3ccc(OC(=O)c4ccc(O)cc4)cc3)OC[C@@H]3C[C@@H](OP(=O)(O)OC[C@H]1O[C@H]2n1ccc(=O)[nH]c1=O)[C@H](n1cnc2c(N)ncnc21)O3. The van der Waals surface area contributed by atoms with E-state index in [0.29, 0.717) is 5.56 Å². The van der Waals surface area contributed by atoms with Crippen molar-refractivity contribution in [2.24, 2.45) is 0 Å². The molecule has 9 atom stereocenters. The van der Waals surface area contributed by atoms with Gasteiger partial charge in [-0.15, -0.1) is 0 Å². The Bertz CT molecular complexity index is 2560. The summed E-state index contributed by atoms with van der Waals surface area (Å²) in [4.78, 5) is 63.1. The number of phenolic OH excluding ortho intramolecular Hbond substituents is 1. The van der Waals surface area contributed by atoms with Crippen molar-refractivity contribution < 1.29 is 61.0 Å². The summed E-state index contributed by atoms with van der Waals surface area (Å²) in [5.41, 5.74) is 5.73. The highest BCUT2D eigenvalue weighted by Crippen LogP contribution is 2.65. The number of carbonyl (C=O) groups is 1. The fourth-order valence-electron chi connectivity index (χ4n) is 6.67. The van der Waals surface area contributed by atoms with Gasteiger partial charge in [-0.05, 0) is 53.3 Å². The number of H-pyrrole nitrogens is 1. The molecule has 3 saturated heterocycles. The lowest BCUT2D eigenvalue weighted by atomic mass is 10.1. The number of hydrogen-bond acceptors (Lipinski definition) is 19. The number of phenols is 1. The Balaban J connectivity index is 1.09.